The predicted octanol–water partition coefficient (Wildman–Crippen LogP) is -0.321. The molecule has 0 atom stereocenters. The lowest BCUT2D eigenvalue weighted by atomic mass is 10.1. The van der Waals surface area contributed by atoms with Gasteiger partial charge >= 0.3 is 6.07 Å². The lowest BCUT2D eigenvalue weighted by molar-refractivity contribution is -0.0909. The molecule has 2 heteroatoms. The molecule has 0 aliphatic heterocycles. The molecule has 46 valence electrons. The van der Waals surface area contributed by atoms with Crippen molar-refractivity contribution in [2.45, 2.75) is 0 Å². The van der Waals surface area contributed by atoms with Crippen LogP contribution in [0.1, 0.15) is 11.1 Å². The topological polar surface area (TPSA) is 47.6 Å². The third kappa shape index (κ3) is 0.962. The fraction of sp³-hybridized carbons (Fsp3) is 0. The molecule has 0 spiro atoms. The van der Waals surface area contributed by atoms with Crippen LogP contribution >= 0.6 is 0 Å². The Morgan fingerprint density at radius 3 is 2.20 bits per heavy atom. The molecular formula is C8H5N2+. The first-order valence-corrected chi connectivity index (χ1v) is 2.80. The Bertz CT molecular complexity index is 282. The number of benzene rings is 1. The van der Waals surface area contributed by atoms with Crippen LogP contribution in [0.2, 0.25) is 0 Å². The van der Waals surface area contributed by atoms with E-state index in [1.54, 1.807) is 24.3 Å². The molecule has 1 aromatic carbocycles. The third-order valence-electron chi connectivity index (χ3n) is 1.18. The van der Waals surface area contributed by atoms with Crippen molar-refractivity contribution in [3.63, 3.8) is 0 Å². The van der Waals surface area contributed by atoms with E-state index in [2.05, 4.69) is 6.07 Å². The van der Waals surface area contributed by atoms with Gasteiger partial charge in [0.25, 0.3) is 0 Å². The zero-order valence-corrected chi connectivity index (χ0v) is 5.26. The molecular weight excluding hydrogens is 124 g/mol. The Labute approximate surface area is 58.9 Å². The normalized spacial score (nSPS) is 7.80. The molecule has 0 radical (unpaired) electrons. The summed E-state index contributed by atoms with van der Waals surface area (Å²) in [5, 5.41) is 15.3. The summed E-state index contributed by atoms with van der Waals surface area (Å²) in [6.07, 6.45) is 0. The third-order valence-corrected chi connectivity index (χ3v) is 1.18. The quantitative estimate of drug-likeness (QED) is 0.512. The second kappa shape index (κ2) is 2.66. The zero-order chi connectivity index (χ0) is 7.40. The molecule has 0 bridgehead atoms. The van der Waals surface area contributed by atoms with Crippen molar-refractivity contribution >= 4 is 0 Å². The SMILES string of the molecule is N#Cc1ccccc1C#[NH+]. The van der Waals surface area contributed by atoms with Gasteiger partial charge in [-0.25, -0.2) is 0 Å². The molecule has 0 unspecified atom stereocenters. The summed E-state index contributed by atoms with van der Waals surface area (Å²) in [4.78, 5) is 0. The molecule has 0 heterocycles. The molecule has 1 aromatic rings. The summed E-state index contributed by atoms with van der Waals surface area (Å²) in [5.41, 5.74) is 1.04. The Kier molecular flexibility index (Phi) is 1.68. The monoisotopic (exact) mass is 129 g/mol. The number of hydrogen-bond acceptors (Lipinski definition) is 1. The highest BCUT2D eigenvalue weighted by Gasteiger charge is 1.99. The minimum absolute atomic E-state index is 0.498. The first-order valence-electron chi connectivity index (χ1n) is 2.80. The van der Waals surface area contributed by atoms with Gasteiger partial charge in [-0.15, -0.1) is 0 Å². The van der Waals surface area contributed by atoms with Gasteiger partial charge in [0, 0.05) is 0 Å². The molecule has 0 fully saturated rings. The van der Waals surface area contributed by atoms with Gasteiger partial charge in [0.05, 0.1) is 5.56 Å². The molecule has 10 heavy (non-hydrogen) atoms. The fourth-order valence-corrected chi connectivity index (χ4v) is 0.690. The van der Waals surface area contributed by atoms with E-state index in [1.165, 1.54) is 0 Å². The lowest BCUT2D eigenvalue weighted by Gasteiger charge is -1.85. The Hall–Kier alpha value is -1.80. The summed E-state index contributed by atoms with van der Waals surface area (Å²) in [5.74, 6) is 0. The van der Waals surface area contributed by atoms with Crippen molar-refractivity contribution in [2.75, 3.05) is 0 Å². The van der Waals surface area contributed by atoms with Gasteiger partial charge in [-0.05, 0) is 12.1 Å². The molecule has 0 saturated heterocycles. The van der Waals surface area contributed by atoms with Gasteiger partial charge < -0.3 is 0 Å². The van der Waals surface area contributed by atoms with E-state index in [0.717, 1.165) is 0 Å². The van der Waals surface area contributed by atoms with Gasteiger partial charge in [0.15, 0.2) is 0 Å². The van der Waals surface area contributed by atoms with Crippen LogP contribution in [0.15, 0.2) is 24.3 Å². The van der Waals surface area contributed by atoms with Crippen molar-refractivity contribution in [1.29, 1.82) is 5.26 Å². The average molecular weight is 129 g/mol. The molecule has 0 aliphatic carbocycles. The Morgan fingerprint density at radius 1 is 1.20 bits per heavy atom. The number of nitrogens with one attached hydrogen (secondary N) is 1. The summed E-state index contributed by atoms with van der Waals surface area (Å²) >= 11 is 0. The second-order valence-electron chi connectivity index (χ2n) is 1.78. The average Bonchev–Trinajstić information content (AvgIpc) is 2.04. The van der Waals surface area contributed by atoms with Crippen molar-refractivity contribution < 1.29 is 5.26 Å². The summed E-state index contributed by atoms with van der Waals surface area (Å²) in [6.45, 7) is 0. The van der Waals surface area contributed by atoms with Crippen LogP contribution < -0.4 is 5.26 Å². The highest BCUT2D eigenvalue weighted by Crippen LogP contribution is 2.03. The van der Waals surface area contributed by atoms with Gasteiger partial charge in [-0.2, -0.15) is 5.26 Å². The van der Waals surface area contributed by atoms with Crippen LogP contribution in [0.5, 0.6) is 0 Å². The van der Waals surface area contributed by atoms with E-state index in [4.69, 9.17) is 10.5 Å². The minimum atomic E-state index is 0.498. The van der Waals surface area contributed by atoms with Crippen LogP contribution in [0, 0.1) is 17.4 Å². The van der Waals surface area contributed by atoms with E-state index in [1.807, 2.05) is 6.07 Å². The fourth-order valence-electron chi connectivity index (χ4n) is 0.690. The molecule has 0 amide bonds. The molecule has 1 N–H and O–H groups in total. The smallest absolute Gasteiger partial charge is 0.192 e. The summed E-state index contributed by atoms with van der Waals surface area (Å²) < 4.78 is 0. The van der Waals surface area contributed by atoms with E-state index in [-0.39, 0.29) is 0 Å². The van der Waals surface area contributed by atoms with Crippen molar-refractivity contribution in [3.8, 4) is 12.1 Å². The summed E-state index contributed by atoms with van der Waals surface area (Å²) in [7, 11) is 0. The van der Waals surface area contributed by atoms with E-state index >= 15 is 0 Å². The number of nitriles is 1. The number of hydrogen-bond donors (Lipinski definition) is 1. The zero-order valence-electron chi connectivity index (χ0n) is 5.26. The number of nitrogens with zero attached hydrogens (tertiary/aromatic N) is 1. The van der Waals surface area contributed by atoms with E-state index in [9.17, 15) is 0 Å². The Balaban J connectivity index is 3.28. The lowest BCUT2D eigenvalue weighted by Crippen LogP contribution is -2.17. The highest BCUT2D eigenvalue weighted by molar-refractivity contribution is 5.44. The Morgan fingerprint density at radius 2 is 1.80 bits per heavy atom. The summed E-state index contributed by atoms with van der Waals surface area (Å²) in [6, 6.07) is 11.0. The van der Waals surface area contributed by atoms with Crippen LogP contribution in [-0.4, -0.2) is 0 Å². The van der Waals surface area contributed by atoms with Crippen LogP contribution in [0.4, 0.5) is 0 Å². The van der Waals surface area contributed by atoms with Crippen LogP contribution in [-0.2, 0) is 0 Å². The van der Waals surface area contributed by atoms with Gasteiger partial charge in [-0.3, -0.25) is 0 Å². The first kappa shape index (κ1) is 6.32. The maximum atomic E-state index is 8.48. The van der Waals surface area contributed by atoms with Gasteiger partial charge in [0.2, 0.25) is 0 Å². The van der Waals surface area contributed by atoms with E-state index < -0.39 is 0 Å². The van der Waals surface area contributed by atoms with Gasteiger partial charge in [0.1, 0.15) is 11.6 Å². The molecule has 0 saturated carbocycles. The second-order valence-corrected chi connectivity index (χ2v) is 1.78. The highest BCUT2D eigenvalue weighted by atomic mass is 14.3. The van der Waals surface area contributed by atoms with Crippen molar-refractivity contribution in [1.82, 2.24) is 0 Å². The van der Waals surface area contributed by atoms with Gasteiger partial charge in [-0.1, -0.05) is 17.4 Å². The molecule has 1 rings (SSSR count). The molecule has 0 aliphatic rings. The maximum absolute atomic E-state index is 8.48. The first-order chi connectivity index (χ1) is 4.88. The van der Waals surface area contributed by atoms with Crippen molar-refractivity contribution in [3.05, 3.63) is 35.4 Å². The van der Waals surface area contributed by atoms with Crippen LogP contribution in [0.3, 0.4) is 0 Å². The minimum Gasteiger partial charge on any atom is -0.192 e. The van der Waals surface area contributed by atoms with Crippen LogP contribution in [0.25, 0.3) is 0 Å². The molecule has 2 nitrogen and oxygen atoms in total. The van der Waals surface area contributed by atoms with E-state index in [0.29, 0.717) is 11.1 Å². The molecule has 0 aromatic heterocycles. The predicted molar refractivity (Wildman–Crippen MR) is 35.1 cm³/mol. The maximum Gasteiger partial charge on any atom is 0.309 e. The largest absolute Gasteiger partial charge is 0.309 e. The van der Waals surface area contributed by atoms with Crippen molar-refractivity contribution in [2.24, 2.45) is 0 Å². The number of rotatable bonds is 0. The standard InChI is InChI=1S/C8H4N2/c9-5-7-3-1-2-4-8(7)6-10/h1-4H/p+1.